The molecule has 0 aliphatic carbocycles. The summed E-state index contributed by atoms with van der Waals surface area (Å²) in [6.45, 7) is 4.28. The zero-order valence-electron chi connectivity index (χ0n) is 9.58. The first-order valence-corrected chi connectivity index (χ1v) is 5.92. The third-order valence-corrected chi connectivity index (χ3v) is 2.49. The molecule has 0 radical (unpaired) electrons. The largest absolute Gasteiger partial charge is 0.492 e. The van der Waals surface area contributed by atoms with Gasteiger partial charge in [0.25, 0.3) is 0 Å². The van der Waals surface area contributed by atoms with E-state index in [-0.39, 0.29) is 0 Å². The van der Waals surface area contributed by atoms with Crippen LogP contribution in [0.4, 0.5) is 0 Å². The van der Waals surface area contributed by atoms with Crippen LogP contribution in [0.25, 0.3) is 0 Å². The summed E-state index contributed by atoms with van der Waals surface area (Å²) in [5, 5.41) is 4.03. The van der Waals surface area contributed by atoms with Crippen molar-refractivity contribution < 1.29 is 4.74 Å². The summed E-state index contributed by atoms with van der Waals surface area (Å²) in [6.07, 6.45) is 0.983. The van der Waals surface area contributed by atoms with Crippen LogP contribution in [0.3, 0.4) is 0 Å². The van der Waals surface area contributed by atoms with Gasteiger partial charge in [-0.3, -0.25) is 0 Å². The van der Waals surface area contributed by atoms with Gasteiger partial charge in [0.2, 0.25) is 0 Å². The molecule has 1 aromatic rings. The van der Waals surface area contributed by atoms with E-state index in [4.69, 9.17) is 22.1 Å². The Labute approximate surface area is 102 Å². The summed E-state index contributed by atoms with van der Waals surface area (Å²) in [7, 11) is 0. The van der Waals surface area contributed by atoms with E-state index in [1.165, 1.54) is 0 Å². The Kier molecular flexibility index (Phi) is 6.23. The van der Waals surface area contributed by atoms with Gasteiger partial charge in [-0.1, -0.05) is 17.7 Å². The van der Waals surface area contributed by atoms with Crippen LogP contribution >= 0.6 is 11.6 Å². The lowest BCUT2D eigenvalue weighted by molar-refractivity contribution is 0.305. The van der Waals surface area contributed by atoms with Gasteiger partial charge >= 0.3 is 0 Å². The summed E-state index contributed by atoms with van der Waals surface area (Å²) in [4.78, 5) is 0. The number of rotatable bonds is 7. The van der Waals surface area contributed by atoms with E-state index in [9.17, 15) is 0 Å². The standard InChI is InChI=1S/C12H19ClN2O/c1-10(5-6-14)15-7-8-16-12-4-2-3-11(13)9-12/h2-4,9-10,15H,5-8,14H2,1H3. The fourth-order valence-corrected chi connectivity index (χ4v) is 1.56. The molecule has 0 amide bonds. The Morgan fingerprint density at radius 2 is 2.31 bits per heavy atom. The fourth-order valence-electron chi connectivity index (χ4n) is 1.38. The molecule has 4 heteroatoms. The first-order valence-electron chi connectivity index (χ1n) is 5.54. The van der Waals surface area contributed by atoms with E-state index in [0.717, 1.165) is 18.7 Å². The van der Waals surface area contributed by atoms with Crippen LogP contribution in [0.1, 0.15) is 13.3 Å². The molecule has 1 rings (SSSR count). The molecule has 0 saturated heterocycles. The van der Waals surface area contributed by atoms with Crippen LogP contribution in [-0.2, 0) is 0 Å². The predicted octanol–water partition coefficient (Wildman–Crippen LogP) is 2.05. The summed E-state index contributed by atoms with van der Waals surface area (Å²) >= 11 is 5.84. The smallest absolute Gasteiger partial charge is 0.120 e. The van der Waals surface area contributed by atoms with Crippen molar-refractivity contribution in [3.63, 3.8) is 0 Å². The van der Waals surface area contributed by atoms with Crippen LogP contribution in [0, 0.1) is 0 Å². The number of nitrogens with two attached hydrogens (primary N) is 1. The molecule has 0 fully saturated rings. The minimum absolute atomic E-state index is 0.438. The first kappa shape index (κ1) is 13.3. The molecule has 1 unspecified atom stereocenters. The zero-order chi connectivity index (χ0) is 11.8. The maximum atomic E-state index is 5.84. The third-order valence-electron chi connectivity index (χ3n) is 2.26. The monoisotopic (exact) mass is 242 g/mol. The number of hydrogen-bond donors (Lipinski definition) is 2. The van der Waals surface area contributed by atoms with E-state index in [1.54, 1.807) is 0 Å². The molecule has 1 atom stereocenters. The minimum Gasteiger partial charge on any atom is -0.492 e. The quantitative estimate of drug-likeness (QED) is 0.720. The molecule has 0 aliphatic heterocycles. The number of hydrogen-bond acceptors (Lipinski definition) is 3. The van der Waals surface area contributed by atoms with E-state index in [2.05, 4.69) is 12.2 Å². The maximum Gasteiger partial charge on any atom is 0.120 e. The Morgan fingerprint density at radius 3 is 3.00 bits per heavy atom. The van der Waals surface area contributed by atoms with Crippen LogP contribution in [0.15, 0.2) is 24.3 Å². The SMILES string of the molecule is CC(CCN)NCCOc1cccc(Cl)c1. The van der Waals surface area contributed by atoms with Crippen LogP contribution in [-0.4, -0.2) is 25.7 Å². The van der Waals surface area contributed by atoms with Crippen molar-refractivity contribution in [3.8, 4) is 5.75 Å². The Hall–Kier alpha value is -0.770. The third kappa shape index (κ3) is 5.35. The van der Waals surface area contributed by atoms with Crippen molar-refractivity contribution >= 4 is 11.6 Å². The highest BCUT2D eigenvalue weighted by molar-refractivity contribution is 6.30. The molecule has 1 aromatic carbocycles. The lowest BCUT2D eigenvalue weighted by Crippen LogP contribution is -2.31. The lowest BCUT2D eigenvalue weighted by atomic mass is 10.2. The average Bonchev–Trinajstić information content (AvgIpc) is 2.25. The number of ether oxygens (including phenoxy) is 1. The van der Waals surface area contributed by atoms with Gasteiger partial charge in [0.05, 0.1) is 0 Å². The molecule has 3 nitrogen and oxygen atoms in total. The molecule has 0 saturated carbocycles. The topological polar surface area (TPSA) is 47.3 Å². The zero-order valence-corrected chi connectivity index (χ0v) is 10.3. The molecule has 0 spiro atoms. The highest BCUT2D eigenvalue weighted by Gasteiger charge is 1.99. The second-order valence-electron chi connectivity index (χ2n) is 3.74. The molecule has 0 aromatic heterocycles. The van der Waals surface area contributed by atoms with Crippen molar-refractivity contribution in [2.75, 3.05) is 19.7 Å². The molecule has 0 bridgehead atoms. The molecule has 0 heterocycles. The van der Waals surface area contributed by atoms with E-state index < -0.39 is 0 Å². The van der Waals surface area contributed by atoms with Gasteiger partial charge in [-0.25, -0.2) is 0 Å². The average molecular weight is 243 g/mol. The Morgan fingerprint density at radius 1 is 1.50 bits per heavy atom. The lowest BCUT2D eigenvalue weighted by Gasteiger charge is -2.13. The summed E-state index contributed by atoms with van der Waals surface area (Å²) in [6, 6.07) is 7.85. The second-order valence-corrected chi connectivity index (χ2v) is 4.17. The fraction of sp³-hybridized carbons (Fsp3) is 0.500. The number of halogens is 1. The van der Waals surface area contributed by atoms with Crippen molar-refractivity contribution in [2.45, 2.75) is 19.4 Å². The summed E-state index contributed by atoms with van der Waals surface area (Å²) in [5.41, 5.74) is 5.46. The first-order chi connectivity index (χ1) is 7.72. The van der Waals surface area contributed by atoms with E-state index >= 15 is 0 Å². The van der Waals surface area contributed by atoms with Gasteiger partial charge in [0.1, 0.15) is 12.4 Å². The van der Waals surface area contributed by atoms with Gasteiger partial charge in [0, 0.05) is 17.6 Å². The molecular weight excluding hydrogens is 224 g/mol. The highest BCUT2D eigenvalue weighted by atomic mass is 35.5. The number of nitrogens with one attached hydrogen (secondary N) is 1. The van der Waals surface area contributed by atoms with Crippen LogP contribution in [0.5, 0.6) is 5.75 Å². The van der Waals surface area contributed by atoms with E-state index in [0.29, 0.717) is 24.2 Å². The van der Waals surface area contributed by atoms with Gasteiger partial charge in [-0.05, 0) is 38.1 Å². The van der Waals surface area contributed by atoms with Gasteiger partial charge < -0.3 is 15.8 Å². The summed E-state index contributed by atoms with van der Waals surface area (Å²) < 4.78 is 5.54. The molecule has 3 N–H and O–H groups in total. The highest BCUT2D eigenvalue weighted by Crippen LogP contribution is 2.16. The van der Waals surface area contributed by atoms with Gasteiger partial charge in [-0.15, -0.1) is 0 Å². The summed E-state index contributed by atoms with van der Waals surface area (Å²) in [5.74, 6) is 0.806. The van der Waals surface area contributed by atoms with Crippen molar-refractivity contribution in [2.24, 2.45) is 5.73 Å². The normalized spacial score (nSPS) is 12.4. The van der Waals surface area contributed by atoms with Gasteiger partial charge in [-0.2, -0.15) is 0 Å². The predicted molar refractivity (Wildman–Crippen MR) is 68.1 cm³/mol. The van der Waals surface area contributed by atoms with E-state index in [1.807, 2.05) is 24.3 Å². The molecule has 90 valence electrons. The maximum absolute atomic E-state index is 5.84. The second kappa shape index (κ2) is 7.49. The Bertz CT molecular complexity index is 307. The van der Waals surface area contributed by atoms with Crippen molar-refractivity contribution in [1.82, 2.24) is 5.32 Å². The van der Waals surface area contributed by atoms with Gasteiger partial charge in [0.15, 0.2) is 0 Å². The Balaban J connectivity index is 2.16. The van der Waals surface area contributed by atoms with Crippen molar-refractivity contribution in [3.05, 3.63) is 29.3 Å². The van der Waals surface area contributed by atoms with Crippen LogP contribution < -0.4 is 15.8 Å². The van der Waals surface area contributed by atoms with Crippen LogP contribution in [0.2, 0.25) is 5.02 Å². The minimum atomic E-state index is 0.438. The van der Waals surface area contributed by atoms with Crippen molar-refractivity contribution in [1.29, 1.82) is 0 Å². The molecule has 0 aliphatic rings. The number of benzene rings is 1. The molecular formula is C12H19ClN2O. The molecule has 16 heavy (non-hydrogen) atoms.